The van der Waals surface area contributed by atoms with Crippen molar-refractivity contribution in [2.24, 2.45) is 0 Å². The number of benzene rings is 2. The van der Waals surface area contributed by atoms with Gasteiger partial charge in [-0.05, 0) is 38.2 Å². The number of nitrogens with zero attached hydrogens (tertiary/aromatic N) is 2. The van der Waals surface area contributed by atoms with Crippen molar-refractivity contribution in [3.8, 4) is 11.5 Å². The first kappa shape index (κ1) is 19.3. The second kappa shape index (κ2) is 8.13. The molecule has 2 aliphatic heterocycles. The van der Waals surface area contributed by atoms with Gasteiger partial charge in [-0.15, -0.1) is 0 Å². The molecule has 2 heterocycles. The Morgan fingerprint density at radius 3 is 2.72 bits per heavy atom. The third-order valence-corrected chi connectivity index (χ3v) is 5.12. The average molecular weight is 395 g/mol. The van der Waals surface area contributed by atoms with E-state index in [4.69, 9.17) is 9.47 Å². The van der Waals surface area contributed by atoms with Gasteiger partial charge < -0.3 is 19.7 Å². The maximum Gasteiger partial charge on any atom is 0.241 e. The van der Waals surface area contributed by atoms with Crippen molar-refractivity contribution in [2.45, 2.75) is 25.5 Å². The van der Waals surface area contributed by atoms with E-state index >= 15 is 0 Å². The lowest BCUT2D eigenvalue weighted by Crippen LogP contribution is -2.47. The van der Waals surface area contributed by atoms with Gasteiger partial charge >= 0.3 is 0 Å². The predicted molar refractivity (Wildman–Crippen MR) is 110 cm³/mol. The fourth-order valence-electron chi connectivity index (χ4n) is 3.84. The monoisotopic (exact) mass is 395 g/mol. The van der Waals surface area contributed by atoms with Crippen LogP contribution in [-0.4, -0.2) is 55.6 Å². The number of carbonyl (C=O) groups excluding carboxylic acids is 2. The lowest BCUT2D eigenvalue weighted by molar-refractivity contribution is -0.120. The van der Waals surface area contributed by atoms with E-state index in [1.807, 2.05) is 67.4 Å². The highest BCUT2D eigenvalue weighted by Crippen LogP contribution is 2.32. The minimum absolute atomic E-state index is 0.0546. The number of carbonyl (C=O) groups is 2. The van der Waals surface area contributed by atoms with E-state index in [-0.39, 0.29) is 36.9 Å². The van der Waals surface area contributed by atoms with Gasteiger partial charge in [0.05, 0.1) is 17.9 Å². The molecule has 2 aromatic carbocycles. The Morgan fingerprint density at radius 2 is 1.90 bits per heavy atom. The van der Waals surface area contributed by atoms with Crippen LogP contribution in [0.5, 0.6) is 11.5 Å². The highest BCUT2D eigenvalue weighted by molar-refractivity contribution is 6.04. The average Bonchev–Trinajstić information content (AvgIpc) is 2.81. The Balaban J connectivity index is 1.43. The molecule has 0 bridgehead atoms. The topological polar surface area (TPSA) is 71.1 Å². The Morgan fingerprint density at radius 1 is 1.17 bits per heavy atom. The zero-order chi connectivity index (χ0) is 20.4. The summed E-state index contributed by atoms with van der Waals surface area (Å²) in [6.07, 6.45) is 0.111. The van der Waals surface area contributed by atoms with Crippen molar-refractivity contribution < 1.29 is 19.1 Å². The van der Waals surface area contributed by atoms with Crippen molar-refractivity contribution in [3.63, 3.8) is 0 Å². The number of fused-ring (bicyclic) bond motifs is 2. The van der Waals surface area contributed by atoms with Crippen molar-refractivity contribution in [2.75, 3.05) is 37.0 Å². The summed E-state index contributed by atoms with van der Waals surface area (Å²) in [5.41, 5.74) is 1.40. The quantitative estimate of drug-likeness (QED) is 0.861. The summed E-state index contributed by atoms with van der Waals surface area (Å²) < 4.78 is 11.8. The molecule has 0 saturated heterocycles. The summed E-state index contributed by atoms with van der Waals surface area (Å²) in [4.78, 5) is 28.9. The van der Waals surface area contributed by atoms with Crippen LogP contribution in [0.15, 0.2) is 48.5 Å². The fraction of sp³-hybridized carbons (Fsp3) is 0.364. The van der Waals surface area contributed by atoms with Crippen LogP contribution in [0.4, 0.5) is 11.4 Å². The molecule has 152 valence electrons. The number of rotatable bonds is 4. The van der Waals surface area contributed by atoms with Crippen LogP contribution in [0.2, 0.25) is 0 Å². The maximum atomic E-state index is 13.2. The van der Waals surface area contributed by atoms with Gasteiger partial charge in [-0.25, -0.2) is 0 Å². The smallest absolute Gasteiger partial charge is 0.241 e. The molecule has 1 N–H and O–H groups in total. The van der Waals surface area contributed by atoms with Gasteiger partial charge in [0.25, 0.3) is 0 Å². The van der Waals surface area contributed by atoms with Crippen molar-refractivity contribution in [1.82, 2.24) is 4.90 Å². The molecule has 4 rings (SSSR count). The summed E-state index contributed by atoms with van der Waals surface area (Å²) in [7, 11) is 1.89. The zero-order valence-corrected chi connectivity index (χ0v) is 16.6. The molecule has 0 spiro atoms. The molecule has 2 atom stereocenters. The van der Waals surface area contributed by atoms with Crippen molar-refractivity contribution >= 4 is 23.2 Å². The number of nitrogens with one attached hydrogen (secondary N) is 1. The molecule has 0 aromatic heterocycles. The van der Waals surface area contributed by atoms with Gasteiger partial charge in [0.15, 0.2) is 11.5 Å². The summed E-state index contributed by atoms with van der Waals surface area (Å²) >= 11 is 0. The first-order valence-electron chi connectivity index (χ1n) is 9.79. The Hall–Kier alpha value is -3.06. The highest BCUT2D eigenvalue weighted by Gasteiger charge is 2.30. The van der Waals surface area contributed by atoms with E-state index in [1.54, 1.807) is 4.90 Å². The molecule has 29 heavy (non-hydrogen) atoms. The molecule has 0 unspecified atom stereocenters. The van der Waals surface area contributed by atoms with Gasteiger partial charge in [-0.1, -0.05) is 24.3 Å². The zero-order valence-electron chi connectivity index (χ0n) is 16.6. The number of para-hydroxylation sites is 4. The Bertz CT molecular complexity index is 916. The molecule has 0 fully saturated rings. The van der Waals surface area contributed by atoms with E-state index in [0.717, 1.165) is 17.2 Å². The summed E-state index contributed by atoms with van der Waals surface area (Å²) in [6.45, 7) is 3.11. The van der Waals surface area contributed by atoms with Crippen molar-refractivity contribution in [3.05, 3.63) is 48.5 Å². The van der Waals surface area contributed by atoms with Crippen LogP contribution in [0, 0.1) is 0 Å². The summed E-state index contributed by atoms with van der Waals surface area (Å²) in [5.74, 6) is 1.33. The normalized spacial score (nSPS) is 20.7. The molecular formula is C22H25N3O4. The van der Waals surface area contributed by atoms with Gasteiger partial charge in [-0.3, -0.25) is 14.5 Å². The summed E-state index contributed by atoms with van der Waals surface area (Å²) in [5, 5.41) is 2.88. The number of amides is 2. The minimum atomic E-state index is -0.222. The maximum absolute atomic E-state index is 13.2. The number of hydrogen-bond donors (Lipinski definition) is 1. The van der Waals surface area contributed by atoms with E-state index < -0.39 is 0 Å². The number of anilines is 2. The van der Waals surface area contributed by atoms with Gasteiger partial charge in [-0.2, -0.15) is 0 Å². The molecular weight excluding hydrogens is 370 g/mol. The van der Waals surface area contributed by atoms with Crippen molar-refractivity contribution in [1.29, 1.82) is 0 Å². The van der Waals surface area contributed by atoms with E-state index in [9.17, 15) is 9.59 Å². The van der Waals surface area contributed by atoms with E-state index in [2.05, 4.69) is 5.32 Å². The number of likely N-dealkylation sites (N-methyl/N-ethyl adjacent to an activating group) is 1. The molecule has 2 amide bonds. The van der Waals surface area contributed by atoms with Crippen LogP contribution in [0.1, 0.15) is 13.3 Å². The van der Waals surface area contributed by atoms with Gasteiger partial charge in [0, 0.05) is 19.0 Å². The Kier molecular flexibility index (Phi) is 5.40. The van der Waals surface area contributed by atoms with Crippen LogP contribution < -0.4 is 19.7 Å². The molecule has 7 nitrogen and oxygen atoms in total. The third kappa shape index (κ3) is 4.19. The van der Waals surface area contributed by atoms with Gasteiger partial charge in [0.1, 0.15) is 12.7 Å². The van der Waals surface area contributed by atoms with Crippen LogP contribution in [0.25, 0.3) is 0 Å². The second-order valence-corrected chi connectivity index (χ2v) is 7.58. The number of ether oxygens (including phenoxy) is 2. The molecule has 0 aliphatic carbocycles. The lowest BCUT2D eigenvalue weighted by atomic mass is 10.1. The Labute approximate surface area is 170 Å². The standard InChI is InChI=1S/C22H25N3O4/c1-15-11-21(26)23-17-7-3-4-8-18(17)25(15)22(27)13-24(2)12-16-14-28-19-9-5-6-10-20(19)29-16/h3-10,15-16H,11-14H2,1-2H3,(H,23,26)/t15-,16+/m0/s1. The van der Waals surface area contributed by atoms with Crippen LogP contribution >= 0.6 is 0 Å². The third-order valence-electron chi connectivity index (χ3n) is 5.12. The molecule has 2 aliphatic rings. The molecule has 2 aromatic rings. The molecule has 7 heteroatoms. The number of hydrogen-bond acceptors (Lipinski definition) is 5. The van der Waals surface area contributed by atoms with Crippen LogP contribution in [0.3, 0.4) is 0 Å². The largest absolute Gasteiger partial charge is 0.486 e. The van der Waals surface area contributed by atoms with Crippen LogP contribution in [-0.2, 0) is 9.59 Å². The predicted octanol–water partition coefficient (Wildman–Crippen LogP) is 2.52. The lowest BCUT2D eigenvalue weighted by Gasteiger charge is -2.32. The SMILES string of the molecule is C[C@H]1CC(=O)Nc2ccccc2N1C(=O)CN(C)C[C@@H]1COc2ccccc2O1. The first-order chi connectivity index (χ1) is 14.0. The van der Waals surface area contributed by atoms with E-state index in [0.29, 0.717) is 18.8 Å². The summed E-state index contributed by atoms with van der Waals surface area (Å²) in [6, 6.07) is 14.8. The first-order valence-corrected chi connectivity index (χ1v) is 9.79. The minimum Gasteiger partial charge on any atom is -0.486 e. The highest BCUT2D eigenvalue weighted by atomic mass is 16.6. The van der Waals surface area contributed by atoms with E-state index in [1.165, 1.54) is 0 Å². The van der Waals surface area contributed by atoms with Gasteiger partial charge in [0.2, 0.25) is 11.8 Å². The molecule has 0 radical (unpaired) electrons. The fourth-order valence-corrected chi connectivity index (χ4v) is 3.84. The second-order valence-electron chi connectivity index (χ2n) is 7.58. The molecule has 0 saturated carbocycles.